The van der Waals surface area contributed by atoms with Crippen molar-refractivity contribution >= 4 is 22.5 Å². The van der Waals surface area contributed by atoms with Crippen molar-refractivity contribution in [3.05, 3.63) is 37.1 Å². The molecule has 0 saturated heterocycles. The number of aromatic nitrogens is 2. The van der Waals surface area contributed by atoms with Gasteiger partial charge in [-0.05, 0) is 12.1 Å². The van der Waals surface area contributed by atoms with E-state index < -0.39 is 0 Å². The second kappa shape index (κ2) is 3.57. The van der Waals surface area contributed by atoms with Crippen molar-refractivity contribution in [2.45, 2.75) is 0 Å². The average molecular weight is 201 g/mol. The highest BCUT2D eigenvalue weighted by Gasteiger charge is 2.06. The van der Waals surface area contributed by atoms with E-state index in [-0.39, 0.29) is 5.91 Å². The Morgan fingerprint density at radius 2 is 2.40 bits per heavy atom. The second-order valence-corrected chi connectivity index (χ2v) is 3.20. The van der Waals surface area contributed by atoms with Crippen molar-refractivity contribution in [2.75, 3.05) is 5.32 Å². The topological polar surface area (TPSA) is 46.9 Å². The van der Waals surface area contributed by atoms with Gasteiger partial charge in [0.1, 0.15) is 0 Å². The van der Waals surface area contributed by atoms with Crippen molar-refractivity contribution in [3.8, 4) is 0 Å². The van der Waals surface area contributed by atoms with Gasteiger partial charge in [-0.15, -0.1) is 0 Å². The summed E-state index contributed by atoms with van der Waals surface area (Å²) in [6.45, 7) is 3.41. The first-order valence-corrected chi connectivity index (χ1v) is 4.56. The number of carbonyl (C=O) groups excluding carboxylic acids is 1. The molecule has 2 rings (SSSR count). The molecule has 1 heterocycles. The average Bonchev–Trinajstić information content (AvgIpc) is 2.61. The summed E-state index contributed by atoms with van der Waals surface area (Å²) < 4.78 is 1.73. The molecule has 0 bridgehead atoms. The van der Waals surface area contributed by atoms with Crippen LogP contribution in [0.15, 0.2) is 37.1 Å². The van der Waals surface area contributed by atoms with Gasteiger partial charge in [0.25, 0.3) is 0 Å². The van der Waals surface area contributed by atoms with E-state index in [0.717, 1.165) is 16.6 Å². The molecule has 4 nitrogen and oxygen atoms in total. The van der Waals surface area contributed by atoms with Crippen molar-refractivity contribution < 1.29 is 4.79 Å². The lowest BCUT2D eigenvalue weighted by atomic mass is 10.2. The molecule has 0 radical (unpaired) electrons. The smallest absolute Gasteiger partial charge is 0.247 e. The summed E-state index contributed by atoms with van der Waals surface area (Å²) in [6, 6.07) is 5.67. The molecular weight excluding hydrogens is 190 g/mol. The van der Waals surface area contributed by atoms with Crippen molar-refractivity contribution in [2.24, 2.45) is 7.05 Å². The van der Waals surface area contributed by atoms with E-state index in [1.54, 1.807) is 10.9 Å². The van der Waals surface area contributed by atoms with Gasteiger partial charge in [0.05, 0.1) is 17.4 Å². The monoisotopic (exact) mass is 201 g/mol. The standard InChI is InChI=1S/C11H11N3O/c1-3-10(15)13-9-6-4-5-8-7-12-14(2)11(8)9/h3-7H,1H2,2H3,(H,13,15). The Bertz CT molecular complexity index is 528. The van der Waals surface area contributed by atoms with Crippen molar-refractivity contribution in [1.82, 2.24) is 9.78 Å². The molecular formula is C11H11N3O. The van der Waals surface area contributed by atoms with E-state index in [2.05, 4.69) is 17.0 Å². The number of rotatable bonds is 2. The minimum atomic E-state index is -0.219. The van der Waals surface area contributed by atoms with Gasteiger partial charge in [-0.1, -0.05) is 18.7 Å². The van der Waals surface area contributed by atoms with Crippen LogP contribution in [0.4, 0.5) is 5.69 Å². The first-order valence-electron chi connectivity index (χ1n) is 4.56. The molecule has 0 aliphatic rings. The van der Waals surface area contributed by atoms with E-state index in [1.807, 2.05) is 25.2 Å². The minimum Gasteiger partial charge on any atom is -0.321 e. The SMILES string of the molecule is C=CC(=O)Nc1cccc2cnn(C)c12. The normalized spacial score (nSPS) is 10.2. The van der Waals surface area contributed by atoms with Crippen LogP contribution in [-0.4, -0.2) is 15.7 Å². The number of hydrogen-bond acceptors (Lipinski definition) is 2. The number of carbonyl (C=O) groups is 1. The number of hydrogen-bond donors (Lipinski definition) is 1. The number of benzene rings is 1. The number of fused-ring (bicyclic) bond motifs is 1. The third-order valence-electron chi connectivity index (χ3n) is 2.20. The van der Waals surface area contributed by atoms with E-state index in [9.17, 15) is 4.79 Å². The van der Waals surface area contributed by atoms with Gasteiger partial charge >= 0.3 is 0 Å². The molecule has 1 aromatic carbocycles. The molecule has 0 aliphatic heterocycles. The van der Waals surface area contributed by atoms with Gasteiger partial charge < -0.3 is 5.32 Å². The van der Waals surface area contributed by atoms with Crippen LogP contribution < -0.4 is 5.32 Å². The van der Waals surface area contributed by atoms with E-state index in [1.165, 1.54) is 6.08 Å². The highest BCUT2D eigenvalue weighted by atomic mass is 16.1. The molecule has 1 N–H and O–H groups in total. The number of anilines is 1. The van der Waals surface area contributed by atoms with Gasteiger partial charge in [0.15, 0.2) is 0 Å². The fourth-order valence-electron chi connectivity index (χ4n) is 1.52. The fraction of sp³-hybridized carbons (Fsp3) is 0.0909. The third-order valence-corrected chi connectivity index (χ3v) is 2.20. The summed E-state index contributed by atoms with van der Waals surface area (Å²) in [7, 11) is 1.84. The predicted octanol–water partition coefficient (Wildman–Crippen LogP) is 1.70. The summed E-state index contributed by atoms with van der Waals surface area (Å²) in [5.41, 5.74) is 1.66. The Hall–Kier alpha value is -2.10. The van der Waals surface area contributed by atoms with Crippen LogP contribution >= 0.6 is 0 Å². The molecule has 15 heavy (non-hydrogen) atoms. The quantitative estimate of drug-likeness (QED) is 0.752. The molecule has 0 saturated carbocycles. The largest absolute Gasteiger partial charge is 0.321 e. The maximum Gasteiger partial charge on any atom is 0.247 e. The van der Waals surface area contributed by atoms with Crippen molar-refractivity contribution in [1.29, 1.82) is 0 Å². The van der Waals surface area contributed by atoms with Gasteiger partial charge in [0, 0.05) is 12.4 Å². The lowest BCUT2D eigenvalue weighted by Crippen LogP contribution is -2.08. The summed E-state index contributed by atoms with van der Waals surface area (Å²) in [6.07, 6.45) is 3.01. The van der Waals surface area contributed by atoms with E-state index in [4.69, 9.17) is 0 Å². The lowest BCUT2D eigenvalue weighted by Gasteiger charge is -2.04. The number of para-hydroxylation sites is 1. The zero-order valence-electron chi connectivity index (χ0n) is 8.40. The Kier molecular flexibility index (Phi) is 2.25. The first kappa shape index (κ1) is 9.45. The minimum absolute atomic E-state index is 0.219. The Morgan fingerprint density at radius 3 is 3.13 bits per heavy atom. The number of aryl methyl sites for hydroxylation is 1. The van der Waals surface area contributed by atoms with Crippen LogP contribution in [0.1, 0.15) is 0 Å². The zero-order valence-corrected chi connectivity index (χ0v) is 8.40. The Labute approximate surface area is 87.2 Å². The number of nitrogens with zero attached hydrogens (tertiary/aromatic N) is 2. The second-order valence-electron chi connectivity index (χ2n) is 3.20. The summed E-state index contributed by atoms with van der Waals surface area (Å²) in [5.74, 6) is -0.219. The number of nitrogens with one attached hydrogen (secondary N) is 1. The van der Waals surface area contributed by atoms with E-state index >= 15 is 0 Å². The van der Waals surface area contributed by atoms with Gasteiger partial charge in [-0.2, -0.15) is 5.10 Å². The molecule has 4 heteroatoms. The Balaban J connectivity index is 2.54. The molecule has 0 spiro atoms. The van der Waals surface area contributed by atoms with Crippen molar-refractivity contribution in [3.63, 3.8) is 0 Å². The van der Waals surface area contributed by atoms with Crippen LogP contribution in [0, 0.1) is 0 Å². The lowest BCUT2D eigenvalue weighted by molar-refractivity contribution is -0.111. The fourth-order valence-corrected chi connectivity index (χ4v) is 1.52. The predicted molar refractivity (Wildman–Crippen MR) is 59.5 cm³/mol. The van der Waals surface area contributed by atoms with Crippen LogP contribution in [0.2, 0.25) is 0 Å². The first-order chi connectivity index (χ1) is 7.22. The highest BCUT2D eigenvalue weighted by Crippen LogP contribution is 2.22. The molecule has 0 fully saturated rings. The van der Waals surface area contributed by atoms with Crippen LogP contribution in [0.3, 0.4) is 0 Å². The van der Waals surface area contributed by atoms with Crippen LogP contribution in [-0.2, 0) is 11.8 Å². The molecule has 76 valence electrons. The molecule has 1 aromatic heterocycles. The van der Waals surface area contributed by atoms with Crippen LogP contribution in [0.5, 0.6) is 0 Å². The molecule has 1 amide bonds. The summed E-state index contributed by atoms with van der Waals surface area (Å²) >= 11 is 0. The Morgan fingerprint density at radius 1 is 1.60 bits per heavy atom. The van der Waals surface area contributed by atoms with E-state index in [0.29, 0.717) is 0 Å². The molecule has 0 atom stereocenters. The zero-order chi connectivity index (χ0) is 10.8. The molecule has 0 aliphatic carbocycles. The summed E-state index contributed by atoms with van der Waals surface area (Å²) in [4.78, 5) is 11.2. The molecule has 0 unspecified atom stereocenters. The number of amides is 1. The van der Waals surface area contributed by atoms with Crippen LogP contribution in [0.25, 0.3) is 10.9 Å². The van der Waals surface area contributed by atoms with Gasteiger partial charge in [0.2, 0.25) is 5.91 Å². The third kappa shape index (κ3) is 1.61. The maximum absolute atomic E-state index is 11.2. The van der Waals surface area contributed by atoms with Gasteiger partial charge in [-0.3, -0.25) is 9.48 Å². The molecule has 2 aromatic rings. The maximum atomic E-state index is 11.2. The highest BCUT2D eigenvalue weighted by molar-refractivity contribution is 6.04. The van der Waals surface area contributed by atoms with Gasteiger partial charge in [-0.25, -0.2) is 0 Å². The summed E-state index contributed by atoms with van der Waals surface area (Å²) in [5, 5.41) is 7.87.